The Morgan fingerprint density at radius 3 is 2.64 bits per heavy atom. The number of ketones is 1. The maximum Gasteiger partial charge on any atom is 2.00 e. The van der Waals surface area contributed by atoms with E-state index in [4.69, 9.17) is 10.5 Å². The number of benzene rings is 2. The Morgan fingerprint density at radius 1 is 1.25 bits per heavy atom. The second kappa shape index (κ2) is 14.2. The van der Waals surface area contributed by atoms with Gasteiger partial charge in [0.25, 0.3) is 0 Å². The van der Waals surface area contributed by atoms with E-state index < -0.39 is 0 Å². The smallest absolute Gasteiger partial charge is 0.494 e. The maximum absolute atomic E-state index is 13.1. The van der Waals surface area contributed by atoms with Gasteiger partial charge in [-0.1, -0.05) is 44.0 Å². The average molecular weight is 714 g/mol. The third-order valence-corrected chi connectivity index (χ3v) is 4.60. The molecule has 0 aliphatic carbocycles. The molecule has 2 aromatic rings. The normalized spacial score (nSPS) is 10.9. The number of carbonyl (C=O) groups is 1. The van der Waals surface area contributed by atoms with E-state index >= 15 is 0 Å². The van der Waals surface area contributed by atoms with Gasteiger partial charge in [-0.2, -0.15) is 12.1 Å². The van der Waals surface area contributed by atoms with Gasteiger partial charge in [-0.05, 0) is 30.7 Å². The summed E-state index contributed by atoms with van der Waals surface area (Å²) in [4.78, 5) is 13.1. The third kappa shape index (κ3) is 7.90. The van der Waals surface area contributed by atoms with Crippen LogP contribution in [-0.4, -0.2) is 18.9 Å². The second-order valence-electron chi connectivity index (χ2n) is 6.09. The Bertz CT molecular complexity index is 763. The topological polar surface area (TPSA) is 64.3 Å². The van der Waals surface area contributed by atoms with E-state index in [2.05, 4.69) is 45.5 Å². The first-order chi connectivity index (χ1) is 13.2. The average Bonchev–Trinajstić information content (AvgIpc) is 2.71. The molecule has 146 valence electrons. The number of nitrogens with one attached hydrogen (secondary N) is 1. The molecule has 4 nitrogen and oxygen atoms in total. The molecule has 0 radical (unpaired) electrons. The SMILES string of the molecule is CCCC[C-]=C(C(=O)c1ccc(OCCCN)cc1)c1[c-]ccc(NI)c1.[U+2]. The number of hydrogen-bond acceptors (Lipinski definition) is 4. The number of unbranched alkanes of at least 4 members (excludes halogenated alkanes) is 2. The van der Waals surface area contributed by atoms with E-state index in [0.29, 0.717) is 24.3 Å². The van der Waals surface area contributed by atoms with Crippen LogP contribution >= 0.6 is 22.9 Å². The van der Waals surface area contributed by atoms with Crippen molar-refractivity contribution in [3.63, 3.8) is 0 Å². The summed E-state index contributed by atoms with van der Waals surface area (Å²) in [6.45, 7) is 3.30. The molecule has 28 heavy (non-hydrogen) atoms. The van der Waals surface area contributed by atoms with Gasteiger partial charge in [-0.3, -0.25) is 0 Å². The number of Topliss-reactive ketones (excluding diaryl/α,β-unsaturated/α-hetero) is 1. The Balaban J connectivity index is 0.00000392. The van der Waals surface area contributed by atoms with Crippen LogP contribution < -0.4 is 14.0 Å². The van der Waals surface area contributed by atoms with Crippen LogP contribution in [0.25, 0.3) is 5.57 Å². The first-order valence-electron chi connectivity index (χ1n) is 9.16. The van der Waals surface area contributed by atoms with Crippen LogP contribution in [0.5, 0.6) is 5.75 Å². The molecule has 0 aromatic heterocycles. The van der Waals surface area contributed by atoms with Crippen molar-refractivity contribution in [2.24, 2.45) is 5.73 Å². The fourth-order valence-corrected chi connectivity index (χ4v) is 2.81. The number of halogens is 1. The molecule has 0 saturated heterocycles. The van der Waals surface area contributed by atoms with Crippen LogP contribution in [0.15, 0.2) is 42.5 Å². The van der Waals surface area contributed by atoms with Gasteiger partial charge >= 0.3 is 31.1 Å². The summed E-state index contributed by atoms with van der Waals surface area (Å²) in [6, 6.07) is 16.0. The molecule has 0 amide bonds. The zero-order chi connectivity index (χ0) is 19.5. The molecule has 0 fully saturated rings. The molecule has 0 aliphatic heterocycles. The van der Waals surface area contributed by atoms with Crippen LogP contribution in [0, 0.1) is 43.3 Å². The van der Waals surface area contributed by atoms with Gasteiger partial charge in [-0.25, -0.2) is 23.3 Å². The fraction of sp³-hybridized carbons (Fsp3) is 0.318. The largest absolute Gasteiger partial charge is 2.00 e. The molecule has 3 N–H and O–H groups in total. The van der Waals surface area contributed by atoms with Crippen molar-refractivity contribution in [3.8, 4) is 5.75 Å². The molecule has 0 heterocycles. The first-order valence-corrected chi connectivity index (χ1v) is 10.2. The van der Waals surface area contributed by atoms with E-state index in [1.54, 1.807) is 12.1 Å². The van der Waals surface area contributed by atoms with Gasteiger partial charge in [0.15, 0.2) is 0 Å². The predicted octanol–water partition coefficient (Wildman–Crippen LogP) is 5.24. The minimum absolute atomic E-state index is 0. The summed E-state index contributed by atoms with van der Waals surface area (Å²) < 4.78 is 8.68. The number of carbonyl (C=O) groups excluding carboxylic acids is 1. The maximum atomic E-state index is 13.1. The van der Waals surface area contributed by atoms with Crippen LogP contribution in [0.3, 0.4) is 0 Å². The zero-order valence-corrected chi connectivity index (χ0v) is 22.4. The van der Waals surface area contributed by atoms with E-state index in [0.717, 1.165) is 42.7 Å². The first kappa shape index (κ1) is 25.2. The van der Waals surface area contributed by atoms with Gasteiger partial charge in [-0.15, -0.1) is 6.07 Å². The summed E-state index contributed by atoms with van der Waals surface area (Å²) in [5.41, 5.74) is 8.33. The molecule has 6 heteroatoms. The summed E-state index contributed by atoms with van der Waals surface area (Å²) in [5, 5.41) is 0. The van der Waals surface area contributed by atoms with Crippen LogP contribution in [-0.2, 0) is 0 Å². The molecule has 0 unspecified atom stereocenters. The second-order valence-corrected chi connectivity index (χ2v) is 6.62. The summed E-state index contributed by atoms with van der Waals surface area (Å²) >= 11 is 2.07. The van der Waals surface area contributed by atoms with E-state index in [1.807, 2.05) is 30.3 Å². The number of rotatable bonds is 11. The van der Waals surface area contributed by atoms with Gasteiger partial charge in [0.05, 0.1) is 29.5 Å². The molecular weight excluding hydrogens is 689 g/mol. The van der Waals surface area contributed by atoms with Crippen LogP contribution in [0.4, 0.5) is 5.69 Å². The standard InChI is InChI=1S/C22H25IN2O2.U/c1-2-3-4-9-21(18-7-5-8-19(16-18)25-23)22(26)17-10-12-20(13-11-17)27-15-6-14-24;/h5,8,10-13,16,25H,2-4,6,14-15,24H2,1H3;/q-2;+2. The van der Waals surface area contributed by atoms with E-state index in [-0.39, 0.29) is 36.9 Å². The quantitative estimate of drug-likeness (QED) is 0.0836. The molecule has 0 bridgehead atoms. The Hall–Kier alpha value is -0.808. The van der Waals surface area contributed by atoms with E-state index in [1.165, 1.54) is 0 Å². The van der Waals surface area contributed by atoms with Crippen molar-refractivity contribution < 1.29 is 40.6 Å². The fourth-order valence-electron chi connectivity index (χ4n) is 2.48. The summed E-state index contributed by atoms with van der Waals surface area (Å²) in [5.74, 6) is 0.685. The van der Waals surface area contributed by atoms with E-state index in [9.17, 15) is 4.79 Å². The minimum Gasteiger partial charge on any atom is -0.494 e. The Kier molecular flexibility index (Phi) is 12.8. The van der Waals surface area contributed by atoms with Gasteiger partial charge in [0.2, 0.25) is 0 Å². The zero-order valence-electron chi connectivity index (χ0n) is 16.1. The molecule has 2 rings (SSSR count). The van der Waals surface area contributed by atoms with Crippen molar-refractivity contribution in [1.82, 2.24) is 0 Å². The van der Waals surface area contributed by atoms with Crippen LogP contribution in [0.2, 0.25) is 0 Å². The Labute approximate surface area is 205 Å². The molecule has 0 aliphatic rings. The number of hydrogen-bond donors (Lipinski definition) is 2. The molecule has 0 saturated carbocycles. The van der Waals surface area contributed by atoms with Crippen molar-refractivity contribution in [3.05, 3.63) is 65.7 Å². The van der Waals surface area contributed by atoms with Gasteiger partial charge in [0, 0.05) is 5.78 Å². The van der Waals surface area contributed by atoms with Gasteiger partial charge < -0.3 is 18.8 Å². The molecular formula is C22H25IN2O2U. The number of anilines is 1. The van der Waals surface area contributed by atoms with Crippen molar-refractivity contribution in [1.29, 1.82) is 0 Å². The predicted molar refractivity (Wildman–Crippen MR) is 119 cm³/mol. The number of nitrogens with two attached hydrogens (primary N) is 1. The monoisotopic (exact) mass is 714 g/mol. The molecule has 0 atom stereocenters. The molecule has 2 aromatic carbocycles. The summed E-state index contributed by atoms with van der Waals surface area (Å²) in [7, 11) is 0. The van der Waals surface area contributed by atoms with Crippen LogP contribution in [0.1, 0.15) is 48.5 Å². The third-order valence-electron chi connectivity index (χ3n) is 3.97. The van der Waals surface area contributed by atoms with Crippen molar-refractivity contribution in [2.45, 2.75) is 32.6 Å². The van der Waals surface area contributed by atoms with Gasteiger partial charge in [0.1, 0.15) is 5.75 Å². The van der Waals surface area contributed by atoms with Crippen molar-refractivity contribution in [2.75, 3.05) is 16.7 Å². The summed E-state index contributed by atoms with van der Waals surface area (Å²) in [6.07, 6.45) is 6.90. The Morgan fingerprint density at radius 2 is 2.00 bits per heavy atom. The number of ether oxygens (including phenoxy) is 1. The minimum atomic E-state index is -0.0542. The van der Waals surface area contributed by atoms with Crippen molar-refractivity contribution >= 4 is 39.9 Å². The molecule has 0 spiro atoms. The number of allylic oxidation sites excluding steroid dienone is 2.